The fourth-order valence-electron chi connectivity index (χ4n) is 2.47. The van der Waals surface area contributed by atoms with Gasteiger partial charge in [0.1, 0.15) is 0 Å². The van der Waals surface area contributed by atoms with Gasteiger partial charge >= 0.3 is 0 Å². The number of benzene rings is 2. The van der Waals surface area contributed by atoms with Crippen LogP contribution < -0.4 is 10.2 Å². The molecule has 0 fully saturated rings. The number of nitrogens with zero attached hydrogens (tertiary/aromatic N) is 1. The van der Waals surface area contributed by atoms with E-state index in [2.05, 4.69) is 0 Å². The summed E-state index contributed by atoms with van der Waals surface area (Å²) in [6.45, 7) is 5.62. The SMILES string of the molecule is Cc1ccc([C@H](O)[P@@](=O)(OC(C)C)c2ccc(N(C)C)cc2)cc1. The Morgan fingerprint density at radius 1 is 1.00 bits per heavy atom. The van der Waals surface area contributed by atoms with Crippen LogP contribution in [0.4, 0.5) is 5.69 Å². The summed E-state index contributed by atoms with van der Waals surface area (Å²) in [4.78, 5) is 1.97. The fraction of sp³-hybridized carbons (Fsp3) is 0.368. The molecule has 0 amide bonds. The van der Waals surface area contributed by atoms with Crippen molar-refractivity contribution in [3.63, 3.8) is 0 Å². The zero-order chi connectivity index (χ0) is 17.9. The molecule has 2 aromatic carbocycles. The monoisotopic (exact) mass is 347 g/mol. The molecule has 0 unspecified atom stereocenters. The fourth-order valence-corrected chi connectivity index (χ4v) is 4.74. The third-order valence-electron chi connectivity index (χ3n) is 3.79. The third kappa shape index (κ3) is 4.07. The lowest BCUT2D eigenvalue weighted by molar-refractivity contribution is 0.189. The quantitative estimate of drug-likeness (QED) is 0.800. The Labute approximate surface area is 144 Å². The second kappa shape index (κ2) is 7.52. The Hall–Kier alpha value is -1.61. The van der Waals surface area contributed by atoms with Crippen LogP contribution in [0.5, 0.6) is 0 Å². The molecule has 0 saturated heterocycles. The largest absolute Gasteiger partial charge is 0.378 e. The average molecular weight is 347 g/mol. The van der Waals surface area contributed by atoms with E-state index in [1.54, 1.807) is 24.3 Å². The van der Waals surface area contributed by atoms with E-state index < -0.39 is 13.2 Å². The molecule has 2 atom stereocenters. The topological polar surface area (TPSA) is 49.8 Å². The predicted octanol–water partition coefficient (Wildman–Crippen LogP) is 4.08. The van der Waals surface area contributed by atoms with E-state index in [0.29, 0.717) is 10.9 Å². The van der Waals surface area contributed by atoms with Crippen LogP contribution >= 0.6 is 7.37 Å². The van der Waals surface area contributed by atoms with Gasteiger partial charge in [-0.25, -0.2) is 0 Å². The summed E-state index contributed by atoms with van der Waals surface area (Å²) in [5.41, 5.74) is 2.68. The van der Waals surface area contributed by atoms with Crippen LogP contribution in [0.25, 0.3) is 0 Å². The minimum Gasteiger partial charge on any atom is -0.378 e. The molecule has 0 saturated carbocycles. The third-order valence-corrected chi connectivity index (χ3v) is 6.49. The number of aliphatic hydroxyl groups is 1. The average Bonchev–Trinajstić information content (AvgIpc) is 2.54. The van der Waals surface area contributed by atoms with Crippen molar-refractivity contribution in [2.24, 2.45) is 0 Å². The van der Waals surface area contributed by atoms with Gasteiger partial charge in [-0.05, 0) is 50.6 Å². The number of hydrogen-bond acceptors (Lipinski definition) is 4. The Balaban J connectivity index is 2.45. The van der Waals surface area contributed by atoms with Crippen LogP contribution in [0, 0.1) is 6.92 Å². The summed E-state index contributed by atoms with van der Waals surface area (Å²) in [7, 11) is 0.421. The van der Waals surface area contributed by atoms with Crippen molar-refractivity contribution in [1.82, 2.24) is 0 Å². The van der Waals surface area contributed by atoms with Crippen LogP contribution in [0.15, 0.2) is 48.5 Å². The molecular formula is C19H26NO3P. The molecular weight excluding hydrogens is 321 g/mol. The number of aryl methyl sites for hydroxylation is 1. The maximum absolute atomic E-state index is 13.6. The molecule has 4 nitrogen and oxygen atoms in total. The lowest BCUT2D eigenvalue weighted by atomic mass is 10.2. The lowest BCUT2D eigenvalue weighted by Crippen LogP contribution is -2.18. The number of hydrogen-bond donors (Lipinski definition) is 1. The molecule has 0 radical (unpaired) electrons. The molecule has 5 heteroatoms. The second-order valence-corrected chi connectivity index (χ2v) is 8.86. The highest BCUT2D eigenvalue weighted by molar-refractivity contribution is 7.67. The van der Waals surface area contributed by atoms with Crippen LogP contribution in [0.3, 0.4) is 0 Å². The van der Waals surface area contributed by atoms with Crippen molar-refractivity contribution in [2.75, 3.05) is 19.0 Å². The lowest BCUT2D eigenvalue weighted by Gasteiger charge is -2.27. The first kappa shape index (κ1) is 18.7. The maximum atomic E-state index is 13.6. The highest BCUT2D eigenvalue weighted by atomic mass is 31.2. The van der Waals surface area contributed by atoms with Crippen molar-refractivity contribution in [3.05, 3.63) is 59.7 Å². The summed E-state index contributed by atoms with van der Waals surface area (Å²) >= 11 is 0. The number of aliphatic hydroxyl groups excluding tert-OH is 1. The Kier molecular flexibility index (Phi) is 5.87. The first-order chi connectivity index (χ1) is 11.2. The van der Waals surface area contributed by atoms with Crippen molar-refractivity contribution in [1.29, 1.82) is 0 Å². The van der Waals surface area contributed by atoms with Gasteiger partial charge in [0.05, 0.1) is 6.10 Å². The molecule has 1 N–H and O–H groups in total. The summed E-state index contributed by atoms with van der Waals surface area (Å²) in [5.74, 6) is -1.19. The van der Waals surface area contributed by atoms with E-state index in [4.69, 9.17) is 4.52 Å². The summed E-state index contributed by atoms with van der Waals surface area (Å²) in [6.07, 6.45) is -0.260. The first-order valence-corrected chi connectivity index (χ1v) is 9.74. The molecule has 0 aromatic heterocycles. The highest BCUT2D eigenvalue weighted by Gasteiger charge is 2.37. The highest BCUT2D eigenvalue weighted by Crippen LogP contribution is 2.58. The Morgan fingerprint density at radius 3 is 2.00 bits per heavy atom. The summed E-state index contributed by atoms with van der Waals surface area (Å²) in [5, 5.41) is 11.3. The van der Waals surface area contributed by atoms with E-state index in [-0.39, 0.29) is 6.10 Å². The van der Waals surface area contributed by atoms with Gasteiger partial charge in [0, 0.05) is 25.1 Å². The molecule has 0 aliphatic rings. The van der Waals surface area contributed by atoms with Gasteiger partial charge in [-0.15, -0.1) is 0 Å². The molecule has 0 spiro atoms. The molecule has 2 rings (SSSR count). The van der Waals surface area contributed by atoms with Crippen LogP contribution in [-0.4, -0.2) is 25.3 Å². The molecule has 130 valence electrons. The van der Waals surface area contributed by atoms with Crippen LogP contribution in [0.1, 0.15) is 30.8 Å². The predicted molar refractivity (Wildman–Crippen MR) is 100 cm³/mol. The van der Waals surface area contributed by atoms with Gasteiger partial charge in [0.25, 0.3) is 7.37 Å². The van der Waals surface area contributed by atoms with Gasteiger partial charge in [-0.1, -0.05) is 29.8 Å². The van der Waals surface area contributed by atoms with Crippen molar-refractivity contribution in [2.45, 2.75) is 32.7 Å². The Morgan fingerprint density at radius 2 is 1.54 bits per heavy atom. The van der Waals surface area contributed by atoms with Gasteiger partial charge in [-0.2, -0.15) is 0 Å². The van der Waals surface area contributed by atoms with Crippen molar-refractivity contribution in [3.8, 4) is 0 Å². The normalized spacial score (nSPS) is 15.1. The van der Waals surface area contributed by atoms with Crippen LogP contribution in [-0.2, 0) is 9.09 Å². The van der Waals surface area contributed by atoms with E-state index in [1.165, 1.54) is 0 Å². The summed E-state index contributed by atoms with van der Waals surface area (Å²) in [6, 6.07) is 14.7. The van der Waals surface area contributed by atoms with Gasteiger partial charge < -0.3 is 14.5 Å². The van der Waals surface area contributed by atoms with E-state index in [1.807, 2.05) is 64.0 Å². The van der Waals surface area contributed by atoms with E-state index >= 15 is 0 Å². The number of anilines is 1. The van der Waals surface area contributed by atoms with E-state index in [9.17, 15) is 9.67 Å². The number of rotatable bonds is 6. The van der Waals surface area contributed by atoms with Crippen molar-refractivity contribution >= 4 is 18.4 Å². The zero-order valence-corrected chi connectivity index (χ0v) is 15.8. The summed E-state index contributed by atoms with van der Waals surface area (Å²) < 4.78 is 19.4. The first-order valence-electron chi connectivity index (χ1n) is 8.04. The second-order valence-electron chi connectivity index (χ2n) is 6.45. The van der Waals surface area contributed by atoms with Gasteiger partial charge in [-0.3, -0.25) is 4.57 Å². The standard InChI is InChI=1S/C19H26NO3P/c1-14(2)23-24(22,18-12-10-17(11-13-18)20(4)5)19(21)16-8-6-15(3)7-9-16/h6-14,19,21H,1-5H3/t19-,24+/m1/s1. The van der Waals surface area contributed by atoms with E-state index in [0.717, 1.165) is 11.3 Å². The minimum absolute atomic E-state index is 0.260. The van der Waals surface area contributed by atoms with Gasteiger partial charge in [0.15, 0.2) is 5.85 Å². The zero-order valence-electron chi connectivity index (χ0n) is 14.9. The van der Waals surface area contributed by atoms with Crippen LogP contribution in [0.2, 0.25) is 0 Å². The molecule has 24 heavy (non-hydrogen) atoms. The smallest absolute Gasteiger partial charge is 0.264 e. The molecule has 0 bridgehead atoms. The maximum Gasteiger partial charge on any atom is 0.264 e. The van der Waals surface area contributed by atoms with Crippen molar-refractivity contribution < 1.29 is 14.2 Å². The van der Waals surface area contributed by atoms with Gasteiger partial charge in [0.2, 0.25) is 0 Å². The molecule has 0 aliphatic heterocycles. The molecule has 0 heterocycles. The minimum atomic E-state index is -3.47. The molecule has 0 aliphatic carbocycles. The Bertz CT molecular complexity index is 708. The molecule has 2 aromatic rings.